The first-order chi connectivity index (χ1) is 10.2. The van der Waals surface area contributed by atoms with Gasteiger partial charge in [0.15, 0.2) is 0 Å². The molecule has 1 fully saturated rings. The van der Waals surface area contributed by atoms with Gasteiger partial charge >= 0.3 is 0 Å². The lowest BCUT2D eigenvalue weighted by Gasteiger charge is -2.38. The molecule has 2 heterocycles. The average molecular weight is 322 g/mol. The Labute approximate surface area is 134 Å². The molecule has 21 heavy (non-hydrogen) atoms. The normalized spacial score (nSPS) is 26.1. The highest BCUT2D eigenvalue weighted by Gasteiger charge is 2.34. The van der Waals surface area contributed by atoms with Crippen LogP contribution in [0.1, 0.15) is 38.3 Å². The van der Waals surface area contributed by atoms with Crippen molar-refractivity contribution in [3.63, 3.8) is 0 Å². The van der Waals surface area contributed by atoms with E-state index >= 15 is 0 Å². The van der Waals surface area contributed by atoms with Gasteiger partial charge in [0.05, 0.1) is 11.8 Å². The van der Waals surface area contributed by atoms with Crippen LogP contribution in [0.3, 0.4) is 0 Å². The Bertz CT molecular complexity index is 567. The molecule has 1 saturated carbocycles. The highest BCUT2D eigenvalue weighted by molar-refractivity contribution is 7.14. The maximum Gasteiger partial charge on any atom is 0.124 e. The second-order valence-electron chi connectivity index (χ2n) is 6.18. The summed E-state index contributed by atoms with van der Waals surface area (Å²) in [5.74, 6) is 0. The van der Waals surface area contributed by atoms with Crippen LogP contribution in [0.5, 0.6) is 0 Å². The molecule has 114 valence electrons. The number of thiazole rings is 1. The van der Waals surface area contributed by atoms with Gasteiger partial charge in [-0.15, -0.1) is 11.3 Å². The molecule has 0 aromatic carbocycles. The van der Waals surface area contributed by atoms with E-state index in [0.29, 0.717) is 0 Å². The number of nitrogens with one attached hydrogen (secondary N) is 1. The van der Waals surface area contributed by atoms with Gasteiger partial charge in [-0.05, 0) is 24.3 Å². The molecule has 3 nitrogen and oxygen atoms in total. The summed E-state index contributed by atoms with van der Waals surface area (Å²) in [7, 11) is 0. The smallest absolute Gasteiger partial charge is 0.124 e. The van der Waals surface area contributed by atoms with Gasteiger partial charge in [0.25, 0.3) is 0 Å². The number of aliphatic hydroxyl groups excluding tert-OH is 1. The van der Waals surface area contributed by atoms with E-state index in [4.69, 9.17) is 0 Å². The summed E-state index contributed by atoms with van der Waals surface area (Å²) in [6.07, 6.45) is 4.27. The first kappa shape index (κ1) is 15.2. The molecule has 2 unspecified atom stereocenters. The minimum Gasteiger partial charge on any atom is -0.393 e. The zero-order valence-electron chi connectivity index (χ0n) is 12.3. The third kappa shape index (κ3) is 3.54. The molecule has 0 bridgehead atoms. The molecule has 0 aliphatic heterocycles. The monoisotopic (exact) mass is 322 g/mol. The number of nitrogens with zero attached hydrogens (tertiary/aromatic N) is 1. The highest BCUT2D eigenvalue weighted by Crippen LogP contribution is 2.35. The molecule has 0 saturated heterocycles. The van der Waals surface area contributed by atoms with E-state index in [-0.39, 0.29) is 11.5 Å². The maximum absolute atomic E-state index is 10.2. The molecule has 0 amide bonds. The van der Waals surface area contributed by atoms with Crippen LogP contribution in [-0.4, -0.2) is 22.7 Å². The molecular weight excluding hydrogens is 300 g/mol. The van der Waals surface area contributed by atoms with Crippen LogP contribution < -0.4 is 5.32 Å². The lowest BCUT2D eigenvalue weighted by Crippen LogP contribution is -2.43. The van der Waals surface area contributed by atoms with Gasteiger partial charge in [0.2, 0.25) is 0 Å². The zero-order chi connectivity index (χ0) is 14.7. The van der Waals surface area contributed by atoms with Crippen LogP contribution in [0.2, 0.25) is 0 Å². The van der Waals surface area contributed by atoms with E-state index in [9.17, 15) is 5.11 Å². The zero-order valence-corrected chi connectivity index (χ0v) is 14.0. The van der Waals surface area contributed by atoms with Crippen molar-refractivity contribution >= 4 is 22.7 Å². The highest BCUT2D eigenvalue weighted by atomic mass is 32.1. The molecule has 5 heteroatoms. The third-order valence-electron chi connectivity index (χ3n) is 4.43. The van der Waals surface area contributed by atoms with Crippen LogP contribution in [-0.2, 0) is 6.54 Å². The third-order valence-corrected chi connectivity index (χ3v) is 6.06. The van der Waals surface area contributed by atoms with Gasteiger partial charge < -0.3 is 10.4 Å². The fourth-order valence-corrected chi connectivity index (χ4v) is 4.50. The molecular formula is C16H22N2OS2. The van der Waals surface area contributed by atoms with Crippen molar-refractivity contribution < 1.29 is 5.11 Å². The van der Waals surface area contributed by atoms with Gasteiger partial charge in [-0.25, -0.2) is 4.98 Å². The molecule has 2 aromatic heterocycles. The van der Waals surface area contributed by atoms with Gasteiger partial charge in [0, 0.05) is 34.8 Å². The molecule has 0 spiro atoms. The van der Waals surface area contributed by atoms with Crippen molar-refractivity contribution in [3.05, 3.63) is 27.9 Å². The lowest BCUT2D eigenvalue weighted by atomic mass is 9.73. The van der Waals surface area contributed by atoms with Crippen molar-refractivity contribution in [2.75, 3.05) is 6.54 Å². The van der Waals surface area contributed by atoms with Crippen molar-refractivity contribution in [3.8, 4) is 10.6 Å². The number of aliphatic hydroxyl groups is 1. The van der Waals surface area contributed by atoms with Gasteiger partial charge in [0.1, 0.15) is 5.01 Å². The second-order valence-corrected chi connectivity index (χ2v) is 7.81. The van der Waals surface area contributed by atoms with Crippen molar-refractivity contribution in [2.24, 2.45) is 5.41 Å². The molecule has 2 aromatic rings. The van der Waals surface area contributed by atoms with Crippen LogP contribution in [0.15, 0.2) is 22.2 Å². The summed E-state index contributed by atoms with van der Waals surface area (Å²) in [5, 5.41) is 21.1. The standard InChI is InChI=1S/C16H22N2OS2/c1-16(6-3-2-4-14(16)19)11-17-8-13-10-21-15(18-13)12-5-7-20-9-12/h5,7,9-10,14,17,19H,2-4,6,8,11H2,1H3. The first-order valence-corrected chi connectivity index (χ1v) is 9.35. The summed E-state index contributed by atoms with van der Waals surface area (Å²) < 4.78 is 0. The predicted octanol–water partition coefficient (Wildman–Crippen LogP) is 3.90. The van der Waals surface area contributed by atoms with E-state index < -0.39 is 0 Å². The Morgan fingerprint density at radius 3 is 3.10 bits per heavy atom. The van der Waals surface area contributed by atoms with Crippen molar-refractivity contribution in [2.45, 2.75) is 45.3 Å². The summed E-state index contributed by atoms with van der Waals surface area (Å²) in [5.41, 5.74) is 2.32. The number of hydrogen-bond acceptors (Lipinski definition) is 5. The topological polar surface area (TPSA) is 45.2 Å². The molecule has 2 N–H and O–H groups in total. The molecule has 1 aliphatic rings. The van der Waals surface area contributed by atoms with Crippen LogP contribution in [0, 0.1) is 5.41 Å². The molecule has 3 rings (SSSR count). The van der Waals surface area contributed by atoms with Crippen LogP contribution in [0.25, 0.3) is 10.6 Å². The Morgan fingerprint density at radius 1 is 1.43 bits per heavy atom. The van der Waals surface area contributed by atoms with E-state index in [1.807, 2.05) is 0 Å². The van der Waals surface area contributed by atoms with Gasteiger partial charge in [-0.2, -0.15) is 11.3 Å². The fourth-order valence-electron chi connectivity index (χ4n) is 2.97. The average Bonchev–Trinajstić information content (AvgIpc) is 3.13. The van der Waals surface area contributed by atoms with Gasteiger partial charge in [-0.3, -0.25) is 0 Å². The largest absolute Gasteiger partial charge is 0.393 e. The van der Waals surface area contributed by atoms with E-state index in [1.165, 1.54) is 12.0 Å². The fraction of sp³-hybridized carbons (Fsp3) is 0.562. The number of rotatable bonds is 5. The molecule has 2 atom stereocenters. The summed E-state index contributed by atoms with van der Waals surface area (Å²) >= 11 is 3.40. The summed E-state index contributed by atoms with van der Waals surface area (Å²) in [6.45, 7) is 3.84. The lowest BCUT2D eigenvalue weighted by molar-refractivity contribution is 0.00111. The first-order valence-electron chi connectivity index (χ1n) is 7.53. The number of thiophene rings is 1. The predicted molar refractivity (Wildman–Crippen MR) is 89.7 cm³/mol. The Kier molecular flexibility index (Phi) is 4.74. The van der Waals surface area contributed by atoms with E-state index in [1.54, 1.807) is 22.7 Å². The van der Waals surface area contributed by atoms with Gasteiger partial charge in [-0.1, -0.05) is 19.8 Å². The quantitative estimate of drug-likeness (QED) is 0.877. The minimum absolute atomic E-state index is 0.0183. The Balaban J connectivity index is 1.54. The number of hydrogen-bond donors (Lipinski definition) is 2. The van der Waals surface area contributed by atoms with E-state index in [0.717, 1.165) is 43.1 Å². The van der Waals surface area contributed by atoms with Crippen LogP contribution >= 0.6 is 22.7 Å². The SMILES string of the molecule is CC1(CNCc2csc(-c3ccsc3)n2)CCCCC1O. The van der Waals surface area contributed by atoms with Crippen LogP contribution in [0.4, 0.5) is 0 Å². The second kappa shape index (κ2) is 6.57. The number of aromatic nitrogens is 1. The minimum atomic E-state index is -0.171. The van der Waals surface area contributed by atoms with E-state index in [2.05, 4.69) is 39.4 Å². The summed E-state index contributed by atoms with van der Waals surface area (Å²) in [6, 6.07) is 2.11. The Morgan fingerprint density at radius 2 is 2.33 bits per heavy atom. The summed E-state index contributed by atoms with van der Waals surface area (Å²) in [4.78, 5) is 4.68. The van der Waals surface area contributed by atoms with Crippen molar-refractivity contribution in [1.82, 2.24) is 10.3 Å². The van der Waals surface area contributed by atoms with Crippen molar-refractivity contribution in [1.29, 1.82) is 0 Å². The Hall–Kier alpha value is -0.750. The molecule has 1 aliphatic carbocycles. The maximum atomic E-state index is 10.2. The molecule has 0 radical (unpaired) electrons.